The predicted octanol–water partition coefficient (Wildman–Crippen LogP) is 4.71. The molecule has 0 fully saturated rings. The monoisotopic (exact) mass is 399 g/mol. The fourth-order valence-electron chi connectivity index (χ4n) is 3.38. The Bertz CT molecular complexity index is 1180. The number of hydrogen-bond acceptors (Lipinski definition) is 6. The Morgan fingerprint density at radius 1 is 1.10 bits per heavy atom. The normalized spacial score (nSPS) is 11.8. The third kappa shape index (κ3) is 3.93. The van der Waals surface area contributed by atoms with Gasteiger partial charge in [-0.25, -0.2) is 4.79 Å². The Hall–Kier alpha value is -3.93. The third-order valence-electron chi connectivity index (χ3n) is 4.79. The zero-order valence-electron chi connectivity index (χ0n) is 16.4. The molecule has 0 amide bonds. The fraction of sp³-hybridized carbons (Fsp3) is 0.125. The van der Waals surface area contributed by atoms with Gasteiger partial charge in [0.15, 0.2) is 0 Å². The van der Waals surface area contributed by atoms with Crippen molar-refractivity contribution in [2.24, 2.45) is 0 Å². The highest BCUT2D eigenvalue weighted by Crippen LogP contribution is 2.36. The van der Waals surface area contributed by atoms with Gasteiger partial charge < -0.3 is 15.2 Å². The lowest BCUT2D eigenvalue weighted by atomic mass is 9.97. The van der Waals surface area contributed by atoms with Crippen LogP contribution in [0, 0.1) is 0 Å². The molecule has 4 aromatic rings. The minimum Gasteiger partial charge on any atom is -0.505 e. The number of phenolic OH excluding ortho intramolecular Hbond substituents is 1. The van der Waals surface area contributed by atoms with Crippen LogP contribution in [-0.2, 0) is 4.74 Å². The number of rotatable bonds is 6. The molecule has 6 heteroatoms. The number of phenols is 1. The predicted molar refractivity (Wildman–Crippen MR) is 116 cm³/mol. The number of hydrogen-bond donors (Lipinski definition) is 2. The molecular weight excluding hydrogens is 378 g/mol. The molecule has 2 heterocycles. The van der Waals surface area contributed by atoms with Crippen molar-refractivity contribution in [2.45, 2.75) is 13.0 Å². The number of aromatic hydroxyl groups is 1. The lowest BCUT2D eigenvalue weighted by Gasteiger charge is -2.22. The highest BCUT2D eigenvalue weighted by molar-refractivity contribution is 5.90. The van der Waals surface area contributed by atoms with Crippen LogP contribution in [-0.4, -0.2) is 27.7 Å². The first-order valence-electron chi connectivity index (χ1n) is 9.67. The SMILES string of the molecule is CCOC(=O)c1cccc(NC(c2cccnc2)c2ccc3cccnc3c2O)c1. The number of nitrogens with one attached hydrogen (secondary N) is 1. The second kappa shape index (κ2) is 8.61. The van der Waals surface area contributed by atoms with E-state index in [2.05, 4.69) is 15.3 Å². The molecule has 0 radical (unpaired) electrons. The summed E-state index contributed by atoms with van der Waals surface area (Å²) >= 11 is 0. The van der Waals surface area contributed by atoms with Crippen molar-refractivity contribution >= 4 is 22.6 Å². The molecule has 0 saturated carbocycles. The second-order valence-electron chi connectivity index (χ2n) is 6.74. The van der Waals surface area contributed by atoms with Crippen LogP contribution >= 0.6 is 0 Å². The van der Waals surface area contributed by atoms with E-state index in [0.717, 1.165) is 16.6 Å². The summed E-state index contributed by atoms with van der Waals surface area (Å²) in [7, 11) is 0. The smallest absolute Gasteiger partial charge is 0.338 e. The Labute approximate surface area is 174 Å². The number of aromatic nitrogens is 2. The largest absolute Gasteiger partial charge is 0.505 e. The Morgan fingerprint density at radius 2 is 1.97 bits per heavy atom. The van der Waals surface area contributed by atoms with Crippen molar-refractivity contribution in [1.82, 2.24) is 9.97 Å². The van der Waals surface area contributed by atoms with Gasteiger partial charge in [0, 0.05) is 35.2 Å². The van der Waals surface area contributed by atoms with Crippen LogP contribution in [0.15, 0.2) is 79.3 Å². The molecule has 6 nitrogen and oxygen atoms in total. The summed E-state index contributed by atoms with van der Waals surface area (Å²) in [4.78, 5) is 20.7. The van der Waals surface area contributed by atoms with E-state index in [0.29, 0.717) is 23.3 Å². The molecule has 0 aliphatic carbocycles. The number of carbonyl (C=O) groups excluding carboxylic acids is 1. The number of nitrogens with zero attached hydrogens (tertiary/aromatic N) is 2. The van der Waals surface area contributed by atoms with E-state index in [4.69, 9.17) is 4.74 Å². The van der Waals surface area contributed by atoms with Gasteiger partial charge in [-0.1, -0.05) is 30.3 Å². The second-order valence-corrected chi connectivity index (χ2v) is 6.74. The third-order valence-corrected chi connectivity index (χ3v) is 4.79. The van der Waals surface area contributed by atoms with E-state index in [1.807, 2.05) is 42.5 Å². The molecule has 1 atom stereocenters. The van der Waals surface area contributed by atoms with Crippen LogP contribution < -0.4 is 5.32 Å². The highest BCUT2D eigenvalue weighted by Gasteiger charge is 2.20. The van der Waals surface area contributed by atoms with E-state index in [9.17, 15) is 9.90 Å². The van der Waals surface area contributed by atoms with Crippen LogP contribution in [0.1, 0.15) is 34.5 Å². The van der Waals surface area contributed by atoms with Gasteiger partial charge in [-0.3, -0.25) is 9.97 Å². The minimum absolute atomic E-state index is 0.107. The topological polar surface area (TPSA) is 84.3 Å². The summed E-state index contributed by atoms with van der Waals surface area (Å²) in [6.45, 7) is 2.09. The summed E-state index contributed by atoms with van der Waals surface area (Å²) in [5, 5.41) is 15.2. The average Bonchev–Trinajstić information content (AvgIpc) is 2.79. The van der Waals surface area contributed by atoms with Crippen molar-refractivity contribution < 1.29 is 14.6 Å². The molecule has 2 aromatic carbocycles. The van der Waals surface area contributed by atoms with Gasteiger partial charge in [0.05, 0.1) is 18.2 Å². The van der Waals surface area contributed by atoms with Gasteiger partial charge in [-0.2, -0.15) is 0 Å². The van der Waals surface area contributed by atoms with E-state index in [1.165, 1.54) is 0 Å². The molecule has 30 heavy (non-hydrogen) atoms. The van der Waals surface area contributed by atoms with Gasteiger partial charge in [0.1, 0.15) is 11.3 Å². The van der Waals surface area contributed by atoms with Gasteiger partial charge in [-0.05, 0) is 42.8 Å². The lowest BCUT2D eigenvalue weighted by Crippen LogP contribution is -2.14. The van der Waals surface area contributed by atoms with Crippen LogP contribution in [0.25, 0.3) is 10.9 Å². The fourth-order valence-corrected chi connectivity index (χ4v) is 3.38. The standard InChI is InChI=1S/C24H21N3O3/c1-2-30-24(29)17-6-3-9-19(14-17)27-21(18-8-4-12-25-15-18)20-11-10-16-7-5-13-26-22(16)23(20)28/h3-15,21,27-28H,2H2,1H3. The van der Waals surface area contributed by atoms with Crippen LogP contribution in [0.4, 0.5) is 5.69 Å². The number of esters is 1. The molecule has 4 rings (SSSR count). The average molecular weight is 399 g/mol. The molecule has 0 bridgehead atoms. The molecule has 0 aliphatic heterocycles. The van der Waals surface area contributed by atoms with Crippen molar-refractivity contribution in [3.05, 3.63) is 95.9 Å². The Morgan fingerprint density at radius 3 is 2.77 bits per heavy atom. The van der Waals surface area contributed by atoms with E-state index >= 15 is 0 Å². The summed E-state index contributed by atoms with van der Waals surface area (Å²) in [5.74, 6) is -0.271. The number of anilines is 1. The number of ether oxygens (including phenoxy) is 1. The Balaban J connectivity index is 1.77. The first-order valence-corrected chi connectivity index (χ1v) is 9.67. The zero-order valence-corrected chi connectivity index (χ0v) is 16.4. The molecule has 150 valence electrons. The van der Waals surface area contributed by atoms with E-state index < -0.39 is 6.04 Å². The van der Waals surface area contributed by atoms with Crippen molar-refractivity contribution in [1.29, 1.82) is 0 Å². The maximum absolute atomic E-state index is 12.1. The lowest BCUT2D eigenvalue weighted by molar-refractivity contribution is 0.0526. The number of pyridine rings is 2. The quantitative estimate of drug-likeness (QED) is 0.457. The maximum Gasteiger partial charge on any atom is 0.338 e. The summed E-state index contributed by atoms with van der Waals surface area (Å²) in [6.07, 6.45) is 5.10. The van der Waals surface area contributed by atoms with Crippen molar-refractivity contribution in [3.8, 4) is 5.75 Å². The van der Waals surface area contributed by atoms with E-state index in [1.54, 1.807) is 43.7 Å². The molecule has 0 spiro atoms. The summed E-state index contributed by atoms with van der Waals surface area (Å²) in [5.41, 5.74) is 3.23. The van der Waals surface area contributed by atoms with Crippen molar-refractivity contribution in [3.63, 3.8) is 0 Å². The molecule has 2 N–H and O–H groups in total. The first kappa shape index (κ1) is 19.4. The number of benzene rings is 2. The maximum atomic E-state index is 12.1. The van der Waals surface area contributed by atoms with Crippen LogP contribution in [0.5, 0.6) is 5.75 Å². The summed E-state index contributed by atoms with van der Waals surface area (Å²) < 4.78 is 5.10. The van der Waals surface area contributed by atoms with E-state index in [-0.39, 0.29) is 11.7 Å². The molecule has 0 aliphatic rings. The number of carbonyl (C=O) groups is 1. The Kier molecular flexibility index (Phi) is 5.57. The molecule has 2 aromatic heterocycles. The first-order chi connectivity index (χ1) is 14.7. The van der Waals surface area contributed by atoms with Crippen LogP contribution in [0.3, 0.4) is 0 Å². The minimum atomic E-state index is -0.400. The van der Waals surface area contributed by atoms with Gasteiger partial charge in [0.25, 0.3) is 0 Å². The number of fused-ring (bicyclic) bond motifs is 1. The van der Waals surface area contributed by atoms with Gasteiger partial charge in [-0.15, -0.1) is 0 Å². The highest BCUT2D eigenvalue weighted by atomic mass is 16.5. The molecule has 0 saturated heterocycles. The van der Waals surface area contributed by atoms with Crippen molar-refractivity contribution in [2.75, 3.05) is 11.9 Å². The summed E-state index contributed by atoms with van der Waals surface area (Å²) in [6, 6.07) is 18.0. The molecule has 1 unspecified atom stereocenters. The van der Waals surface area contributed by atoms with Gasteiger partial charge in [0.2, 0.25) is 0 Å². The zero-order chi connectivity index (χ0) is 20.9. The van der Waals surface area contributed by atoms with Crippen LogP contribution in [0.2, 0.25) is 0 Å². The van der Waals surface area contributed by atoms with Gasteiger partial charge >= 0.3 is 5.97 Å². The molecular formula is C24H21N3O3.